The van der Waals surface area contributed by atoms with Gasteiger partial charge in [-0.05, 0) is 36.6 Å². The van der Waals surface area contributed by atoms with Gasteiger partial charge in [-0.1, -0.05) is 13.0 Å². The van der Waals surface area contributed by atoms with E-state index in [4.69, 9.17) is 0 Å². The number of halogens is 3. The first-order valence-electron chi connectivity index (χ1n) is 4.81. The molecule has 0 bridgehead atoms. The van der Waals surface area contributed by atoms with Crippen molar-refractivity contribution in [3.8, 4) is 5.75 Å². The Morgan fingerprint density at radius 2 is 1.81 bits per heavy atom. The first-order valence-corrected chi connectivity index (χ1v) is 4.81. The van der Waals surface area contributed by atoms with Crippen molar-refractivity contribution in [2.24, 2.45) is 0 Å². The molecule has 0 saturated heterocycles. The van der Waals surface area contributed by atoms with Crippen LogP contribution in [-0.2, 0) is 5.60 Å². The minimum absolute atomic E-state index is 0.0932. The molecule has 0 aliphatic carbocycles. The number of phenolic OH excluding ortho intramolecular Hbond substituents is 1. The van der Waals surface area contributed by atoms with Crippen LogP contribution >= 0.6 is 0 Å². The van der Waals surface area contributed by atoms with Crippen LogP contribution in [0.1, 0.15) is 24.5 Å². The van der Waals surface area contributed by atoms with Crippen LogP contribution in [0.4, 0.5) is 13.2 Å². The molecule has 1 unspecified atom stereocenters. The highest BCUT2D eigenvalue weighted by Crippen LogP contribution is 2.42. The molecule has 2 nitrogen and oxygen atoms in total. The third kappa shape index (κ3) is 2.00. The summed E-state index contributed by atoms with van der Waals surface area (Å²) in [4.78, 5) is 0. The molecule has 0 aromatic heterocycles. The Labute approximate surface area is 91.3 Å². The smallest absolute Gasteiger partial charge is 0.421 e. The molecule has 0 radical (unpaired) electrons. The van der Waals surface area contributed by atoms with E-state index in [0.717, 1.165) is 18.2 Å². The number of aryl methyl sites for hydroxylation is 1. The van der Waals surface area contributed by atoms with Crippen LogP contribution in [0.3, 0.4) is 0 Å². The zero-order chi connectivity index (χ0) is 12.6. The van der Waals surface area contributed by atoms with Crippen molar-refractivity contribution in [1.82, 2.24) is 0 Å². The summed E-state index contributed by atoms with van der Waals surface area (Å²) < 4.78 is 38.1. The fraction of sp³-hybridized carbons (Fsp3) is 0.455. The van der Waals surface area contributed by atoms with E-state index < -0.39 is 18.2 Å². The molecule has 0 spiro atoms. The number of alkyl halides is 3. The van der Waals surface area contributed by atoms with Crippen LogP contribution in [-0.4, -0.2) is 16.4 Å². The second kappa shape index (κ2) is 3.97. The molecule has 1 aromatic rings. The van der Waals surface area contributed by atoms with Crippen LogP contribution in [0.5, 0.6) is 5.75 Å². The first kappa shape index (κ1) is 12.8. The summed E-state index contributed by atoms with van der Waals surface area (Å²) >= 11 is 0. The fourth-order valence-electron chi connectivity index (χ4n) is 1.48. The third-order valence-corrected chi connectivity index (χ3v) is 2.65. The molecule has 0 fully saturated rings. The molecule has 1 aromatic carbocycles. The Balaban J connectivity index is 3.29. The molecule has 5 heteroatoms. The van der Waals surface area contributed by atoms with Gasteiger partial charge in [0, 0.05) is 0 Å². The van der Waals surface area contributed by atoms with Crippen LogP contribution in [0.2, 0.25) is 0 Å². The lowest BCUT2D eigenvalue weighted by Gasteiger charge is -2.30. The standard InChI is InChI=1S/C11H13F3O2/c1-3-10(16,11(12,13)14)8-4-5-9(15)7(2)6-8/h4-6,15-16H,3H2,1-2H3. The summed E-state index contributed by atoms with van der Waals surface area (Å²) in [6, 6.07) is 3.38. The minimum Gasteiger partial charge on any atom is -0.508 e. The van der Waals surface area contributed by atoms with E-state index in [1.807, 2.05) is 0 Å². The first-order chi connectivity index (χ1) is 7.22. The van der Waals surface area contributed by atoms with Gasteiger partial charge in [0.1, 0.15) is 5.75 Å². The van der Waals surface area contributed by atoms with Crippen molar-refractivity contribution >= 4 is 0 Å². The number of hydrogen-bond acceptors (Lipinski definition) is 2. The molecule has 0 aliphatic rings. The summed E-state index contributed by atoms with van der Waals surface area (Å²) in [5.74, 6) is -0.0932. The average molecular weight is 234 g/mol. The molecule has 0 saturated carbocycles. The maximum atomic E-state index is 12.7. The highest BCUT2D eigenvalue weighted by atomic mass is 19.4. The number of aromatic hydroxyl groups is 1. The monoisotopic (exact) mass is 234 g/mol. The van der Waals surface area contributed by atoms with Gasteiger partial charge in [-0.15, -0.1) is 0 Å². The Morgan fingerprint density at radius 3 is 2.19 bits per heavy atom. The lowest BCUT2D eigenvalue weighted by atomic mass is 9.89. The molecule has 16 heavy (non-hydrogen) atoms. The summed E-state index contributed by atoms with van der Waals surface area (Å²) in [7, 11) is 0. The molecule has 0 amide bonds. The Bertz CT molecular complexity index is 387. The predicted octanol–water partition coefficient (Wildman–Crippen LogP) is 2.86. The Kier molecular flexibility index (Phi) is 3.19. The van der Waals surface area contributed by atoms with Crippen molar-refractivity contribution in [2.45, 2.75) is 32.0 Å². The van der Waals surface area contributed by atoms with Gasteiger partial charge < -0.3 is 10.2 Å². The average Bonchev–Trinajstić information content (AvgIpc) is 2.19. The number of phenols is 1. The molecule has 2 N–H and O–H groups in total. The molecular formula is C11H13F3O2. The highest BCUT2D eigenvalue weighted by Gasteiger charge is 2.53. The number of rotatable bonds is 2. The molecular weight excluding hydrogens is 221 g/mol. The van der Waals surface area contributed by atoms with Gasteiger partial charge in [0.25, 0.3) is 0 Å². The van der Waals surface area contributed by atoms with E-state index in [0.29, 0.717) is 5.56 Å². The molecule has 1 rings (SSSR count). The lowest BCUT2D eigenvalue weighted by Crippen LogP contribution is -2.41. The summed E-state index contributed by atoms with van der Waals surface area (Å²) in [6.45, 7) is 2.74. The number of aliphatic hydroxyl groups is 1. The number of benzene rings is 1. The van der Waals surface area contributed by atoms with Crippen LogP contribution < -0.4 is 0 Å². The van der Waals surface area contributed by atoms with Crippen molar-refractivity contribution in [3.05, 3.63) is 29.3 Å². The maximum absolute atomic E-state index is 12.7. The fourth-order valence-corrected chi connectivity index (χ4v) is 1.48. The Hall–Kier alpha value is -1.23. The van der Waals surface area contributed by atoms with Crippen LogP contribution in [0.15, 0.2) is 18.2 Å². The van der Waals surface area contributed by atoms with Gasteiger partial charge in [0.05, 0.1) is 0 Å². The van der Waals surface area contributed by atoms with Crippen LogP contribution in [0.25, 0.3) is 0 Å². The van der Waals surface area contributed by atoms with Crippen molar-refractivity contribution in [2.75, 3.05) is 0 Å². The van der Waals surface area contributed by atoms with E-state index in [-0.39, 0.29) is 11.3 Å². The van der Waals surface area contributed by atoms with E-state index >= 15 is 0 Å². The van der Waals surface area contributed by atoms with Gasteiger partial charge in [0.15, 0.2) is 5.60 Å². The maximum Gasteiger partial charge on any atom is 0.421 e. The van der Waals surface area contributed by atoms with Gasteiger partial charge >= 0.3 is 6.18 Å². The number of hydrogen-bond donors (Lipinski definition) is 2. The quantitative estimate of drug-likeness (QED) is 0.826. The largest absolute Gasteiger partial charge is 0.508 e. The summed E-state index contributed by atoms with van der Waals surface area (Å²) in [5, 5.41) is 18.9. The van der Waals surface area contributed by atoms with E-state index in [9.17, 15) is 23.4 Å². The van der Waals surface area contributed by atoms with Crippen molar-refractivity contribution in [3.63, 3.8) is 0 Å². The predicted molar refractivity (Wildman–Crippen MR) is 53.1 cm³/mol. The SMILES string of the molecule is CCC(O)(c1ccc(O)c(C)c1)C(F)(F)F. The van der Waals surface area contributed by atoms with Gasteiger partial charge in [0.2, 0.25) is 0 Å². The second-order valence-corrected chi connectivity index (χ2v) is 3.71. The van der Waals surface area contributed by atoms with Crippen LogP contribution in [0, 0.1) is 6.92 Å². The molecule has 90 valence electrons. The summed E-state index contributed by atoms with van der Waals surface area (Å²) in [5.41, 5.74) is -2.81. The van der Waals surface area contributed by atoms with E-state index in [1.165, 1.54) is 13.8 Å². The highest BCUT2D eigenvalue weighted by molar-refractivity contribution is 5.38. The molecule has 1 atom stereocenters. The normalized spacial score (nSPS) is 15.9. The minimum atomic E-state index is -4.73. The van der Waals surface area contributed by atoms with Gasteiger partial charge in [-0.3, -0.25) is 0 Å². The van der Waals surface area contributed by atoms with Gasteiger partial charge in [-0.25, -0.2) is 0 Å². The van der Waals surface area contributed by atoms with Crippen molar-refractivity contribution < 1.29 is 23.4 Å². The second-order valence-electron chi connectivity index (χ2n) is 3.71. The lowest BCUT2D eigenvalue weighted by molar-refractivity contribution is -0.267. The third-order valence-electron chi connectivity index (χ3n) is 2.65. The topological polar surface area (TPSA) is 40.5 Å². The zero-order valence-electron chi connectivity index (χ0n) is 8.97. The van der Waals surface area contributed by atoms with E-state index in [2.05, 4.69) is 0 Å². The Morgan fingerprint density at radius 1 is 1.25 bits per heavy atom. The van der Waals surface area contributed by atoms with Crippen molar-refractivity contribution in [1.29, 1.82) is 0 Å². The molecule has 0 heterocycles. The zero-order valence-corrected chi connectivity index (χ0v) is 8.97. The molecule has 0 aliphatic heterocycles. The summed E-state index contributed by atoms with van der Waals surface area (Å²) in [6.07, 6.45) is -5.20. The van der Waals surface area contributed by atoms with E-state index in [1.54, 1.807) is 0 Å². The van der Waals surface area contributed by atoms with Gasteiger partial charge in [-0.2, -0.15) is 13.2 Å².